The van der Waals surface area contributed by atoms with Gasteiger partial charge in [-0.15, -0.1) is 0 Å². The van der Waals surface area contributed by atoms with Gasteiger partial charge in [0.1, 0.15) is 0 Å². The number of hydrogen-bond acceptors (Lipinski definition) is 1. The molecule has 1 atom stereocenters. The third kappa shape index (κ3) is 4.95. The van der Waals surface area contributed by atoms with Crippen molar-refractivity contribution in [3.63, 3.8) is 0 Å². The Morgan fingerprint density at radius 1 is 1.00 bits per heavy atom. The van der Waals surface area contributed by atoms with E-state index in [1.54, 1.807) is 17.0 Å². The molecule has 0 radical (unpaired) electrons. The summed E-state index contributed by atoms with van der Waals surface area (Å²) in [5.41, 5.74) is 3.39. The Morgan fingerprint density at radius 3 is 1.95 bits per heavy atom. The molecule has 2 nitrogen and oxygen atoms in total. The lowest BCUT2D eigenvalue weighted by atomic mass is 10.1. The summed E-state index contributed by atoms with van der Waals surface area (Å²) in [6.07, 6.45) is 7.20. The van der Waals surface area contributed by atoms with Crippen molar-refractivity contribution in [2.75, 3.05) is 19.0 Å². The normalized spacial score (nSPS) is 12.0. The van der Waals surface area contributed by atoms with E-state index in [4.69, 9.17) is 0 Å². The molecular formula is C18H22BrFN2. The van der Waals surface area contributed by atoms with Crippen LogP contribution in [0.4, 0.5) is 10.1 Å². The molecule has 0 spiro atoms. The Balaban J connectivity index is 0.00000242. The Hall–Kier alpha value is -1.68. The maximum Gasteiger partial charge on any atom is 0.298 e. The van der Waals surface area contributed by atoms with Crippen LogP contribution >= 0.6 is 0 Å². The van der Waals surface area contributed by atoms with E-state index in [1.807, 2.05) is 39.2 Å². The van der Waals surface area contributed by atoms with Crippen molar-refractivity contribution in [2.24, 2.45) is 0 Å². The molecule has 0 aliphatic heterocycles. The molecule has 0 amide bonds. The van der Waals surface area contributed by atoms with E-state index in [0.29, 0.717) is 6.42 Å². The number of rotatable bonds is 5. The van der Waals surface area contributed by atoms with Gasteiger partial charge < -0.3 is 21.9 Å². The molecule has 118 valence electrons. The molecule has 2 aromatic rings. The summed E-state index contributed by atoms with van der Waals surface area (Å²) in [5, 5.41) is 0. The van der Waals surface area contributed by atoms with Crippen molar-refractivity contribution < 1.29 is 25.9 Å². The summed E-state index contributed by atoms with van der Waals surface area (Å²) in [6, 6.07) is 12.2. The van der Waals surface area contributed by atoms with Crippen LogP contribution in [0.5, 0.6) is 0 Å². The van der Waals surface area contributed by atoms with Gasteiger partial charge in [-0.3, -0.25) is 0 Å². The highest BCUT2D eigenvalue weighted by Gasteiger charge is 2.12. The quantitative estimate of drug-likeness (QED) is 0.720. The van der Waals surface area contributed by atoms with Crippen molar-refractivity contribution in [3.8, 4) is 0 Å². The number of halogens is 2. The number of hydrogen-bond donors (Lipinski definition) is 0. The van der Waals surface area contributed by atoms with Gasteiger partial charge in [0.15, 0.2) is 12.4 Å². The minimum Gasteiger partial charge on any atom is -1.00 e. The van der Waals surface area contributed by atoms with E-state index < -0.39 is 6.30 Å². The van der Waals surface area contributed by atoms with Gasteiger partial charge >= 0.3 is 0 Å². The van der Waals surface area contributed by atoms with Gasteiger partial charge in [-0.1, -0.05) is 31.2 Å². The average molecular weight is 365 g/mol. The zero-order chi connectivity index (χ0) is 15.2. The predicted octanol–water partition coefficient (Wildman–Crippen LogP) is 1.09. The average Bonchev–Trinajstić information content (AvgIpc) is 2.53. The number of pyridine rings is 1. The third-order valence-corrected chi connectivity index (χ3v) is 3.42. The highest BCUT2D eigenvalue weighted by Crippen LogP contribution is 2.14. The topological polar surface area (TPSA) is 7.12 Å². The molecule has 0 aliphatic rings. The van der Waals surface area contributed by atoms with Crippen LogP contribution in [-0.4, -0.2) is 14.1 Å². The number of aromatic nitrogens is 1. The minimum absolute atomic E-state index is 0. The largest absolute Gasteiger partial charge is 1.00 e. The molecule has 2 rings (SSSR count). The fourth-order valence-electron chi connectivity index (χ4n) is 2.03. The number of alkyl halides is 1. The van der Waals surface area contributed by atoms with Gasteiger partial charge in [0.2, 0.25) is 0 Å². The highest BCUT2D eigenvalue weighted by molar-refractivity contribution is 5.70. The standard InChI is InChI=1S/C18H22FN2.BrH/c1-4-18(19)21-13-11-16(12-14-21)6-5-15-7-9-17(10-8-15)20(2)3;/h5-14,18H,4H2,1-3H3;1H/q+1;/p-1. The molecule has 0 saturated carbocycles. The first-order chi connectivity index (χ1) is 10.1. The van der Waals surface area contributed by atoms with E-state index in [-0.39, 0.29) is 17.0 Å². The second-order valence-electron chi connectivity index (χ2n) is 5.24. The molecule has 0 bridgehead atoms. The van der Waals surface area contributed by atoms with Crippen molar-refractivity contribution in [1.29, 1.82) is 0 Å². The van der Waals surface area contributed by atoms with Crippen molar-refractivity contribution in [2.45, 2.75) is 19.6 Å². The molecule has 22 heavy (non-hydrogen) atoms. The third-order valence-electron chi connectivity index (χ3n) is 3.42. The van der Waals surface area contributed by atoms with Gasteiger partial charge in [-0.05, 0) is 23.3 Å². The predicted molar refractivity (Wildman–Crippen MR) is 86.8 cm³/mol. The van der Waals surface area contributed by atoms with Gasteiger partial charge in [0.05, 0.1) is 0 Å². The lowest BCUT2D eigenvalue weighted by molar-refractivity contribution is -0.747. The zero-order valence-corrected chi connectivity index (χ0v) is 14.8. The first-order valence-electron chi connectivity index (χ1n) is 7.20. The SMILES string of the molecule is CCC(F)[n+]1ccc(/C=C/c2ccc(N(C)C)cc2)cc1.[Br-]. The summed E-state index contributed by atoms with van der Waals surface area (Å²) in [5.74, 6) is 0. The van der Waals surface area contributed by atoms with Crippen LogP contribution in [0.3, 0.4) is 0 Å². The molecule has 1 aromatic heterocycles. The summed E-state index contributed by atoms with van der Waals surface area (Å²) < 4.78 is 15.1. The maximum atomic E-state index is 13.5. The molecule has 1 heterocycles. The number of nitrogens with zero attached hydrogens (tertiary/aromatic N) is 2. The van der Waals surface area contributed by atoms with Gasteiger partial charge in [-0.2, -0.15) is 8.96 Å². The first-order valence-corrected chi connectivity index (χ1v) is 7.20. The van der Waals surface area contributed by atoms with E-state index >= 15 is 0 Å². The number of anilines is 1. The van der Waals surface area contributed by atoms with Crippen LogP contribution < -0.4 is 26.4 Å². The molecule has 0 aliphatic carbocycles. The van der Waals surface area contributed by atoms with Crippen molar-refractivity contribution in [1.82, 2.24) is 0 Å². The molecule has 1 aromatic carbocycles. The molecule has 1 unspecified atom stereocenters. The van der Waals surface area contributed by atoms with Gasteiger partial charge in [-0.25, -0.2) is 0 Å². The molecule has 4 heteroatoms. The first kappa shape index (κ1) is 18.4. The second kappa shape index (κ2) is 8.69. The summed E-state index contributed by atoms with van der Waals surface area (Å²) >= 11 is 0. The van der Waals surface area contributed by atoms with E-state index in [1.165, 1.54) is 5.69 Å². The van der Waals surface area contributed by atoms with Crippen LogP contribution in [0, 0.1) is 0 Å². The van der Waals surface area contributed by atoms with Gasteiger partial charge in [0, 0.05) is 38.3 Å². The molecule has 0 fully saturated rings. The Labute approximate surface area is 142 Å². The maximum absolute atomic E-state index is 13.5. The zero-order valence-electron chi connectivity index (χ0n) is 13.2. The van der Waals surface area contributed by atoms with E-state index in [0.717, 1.165) is 11.1 Å². The summed E-state index contributed by atoms with van der Waals surface area (Å²) in [4.78, 5) is 2.07. The van der Waals surface area contributed by atoms with Crippen LogP contribution in [0.25, 0.3) is 12.2 Å². The number of benzene rings is 1. The Morgan fingerprint density at radius 2 is 1.50 bits per heavy atom. The Kier molecular flexibility index (Phi) is 7.25. The minimum atomic E-state index is -0.943. The molecule has 0 N–H and O–H groups in total. The van der Waals surface area contributed by atoms with Crippen LogP contribution in [0.1, 0.15) is 30.8 Å². The lowest BCUT2D eigenvalue weighted by Crippen LogP contribution is -3.00. The smallest absolute Gasteiger partial charge is 0.298 e. The van der Waals surface area contributed by atoms with E-state index in [2.05, 4.69) is 35.2 Å². The van der Waals surface area contributed by atoms with E-state index in [9.17, 15) is 4.39 Å². The highest BCUT2D eigenvalue weighted by atomic mass is 79.9. The van der Waals surface area contributed by atoms with Crippen molar-refractivity contribution in [3.05, 3.63) is 59.9 Å². The fraction of sp³-hybridized carbons (Fsp3) is 0.278. The fourth-order valence-corrected chi connectivity index (χ4v) is 2.03. The second-order valence-corrected chi connectivity index (χ2v) is 5.24. The Bertz CT molecular complexity index is 591. The molecular weight excluding hydrogens is 343 g/mol. The van der Waals surface area contributed by atoms with Crippen LogP contribution in [0.2, 0.25) is 0 Å². The van der Waals surface area contributed by atoms with Gasteiger partial charge in [0.25, 0.3) is 6.30 Å². The van der Waals surface area contributed by atoms with Crippen molar-refractivity contribution >= 4 is 17.8 Å². The monoisotopic (exact) mass is 364 g/mol. The summed E-state index contributed by atoms with van der Waals surface area (Å²) in [7, 11) is 4.05. The van der Waals surface area contributed by atoms with Crippen LogP contribution in [0.15, 0.2) is 48.8 Å². The molecule has 0 saturated heterocycles. The van der Waals surface area contributed by atoms with Crippen LogP contribution in [-0.2, 0) is 0 Å². The summed E-state index contributed by atoms with van der Waals surface area (Å²) in [6.45, 7) is 1.84. The lowest BCUT2D eigenvalue weighted by Gasteiger charge is -2.11.